The Kier molecular flexibility index (Phi) is 5.21. The number of rotatable bonds is 5. The third-order valence-electron chi connectivity index (χ3n) is 6.72. The molecule has 2 aliphatic rings. The number of nitrogens with zero attached hydrogens (tertiary/aromatic N) is 4. The van der Waals surface area contributed by atoms with E-state index in [0.29, 0.717) is 23.2 Å². The highest BCUT2D eigenvalue weighted by molar-refractivity contribution is 7.90. The number of ether oxygens (including phenoxy) is 1. The van der Waals surface area contributed by atoms with Gasteiger partial charge in [0.15, 0.2) is 4.75 Å². The number of sulfonamides is 1. The molecule has 172 valence electrons. The molecule has 3 aromatic rings. The third kappa shape index (κ3) is 3.41. The van der Waals surface area contributed by atoms with Gasteiger partial charge in [-0.25, -0.2) is 23.5 Å². The van der Waals surface area contributed by atoms with Crippen molar-refractivity contribution in [2.75, 3.05) is 19.4 Å². The summed E-state index contributed by atoms with van der Waals surface area (Å²) in [6.45, 7) is -0.0141. The molecule has 1 fully saturated rings. The fourth-order valence-electron chi connectivity index (χ4n) is 5.01. The Balaban J connectivity index is 1.70. The molecule has 1 aliphatic carbocycles. The highest BCUT2D eigenvalue weighted by atomic mass is 32.2. The van der Waals surface area contributed by atoms with E-state index in [-0.39, 0.29) is 6.54 Å². The van der Waals surface area contributed by atoms with E-state index in [1.54, 1.807) is 24.4 Å². The molecule has 10 heteroatoms. The Morgan fingerprint density at radius 2 is 2.00 bits per heavy atom. The average Bonchev–Trinajstić information content (AvgIpc) is 3.47. The molecule has 1 saturated carbocycles. The molecule has 4 N–H and O–H groups in total. The Bertz CT molecular complexity index is 1390. The molecule has 0 amide bonds. The Morgan fingerprint density at radius 3 is 2.67 bits per heavy atom. The molecule has 1 aliphatic heterocycles. The maximum Gasteiger partial charge on any atom is 0.224 e. The highest BCUT2D eigenvalue weighted by Gasteiger charge is 2.44. The number of aliphatic imine (C=N–C) groups is 1. The standard InChI is InChI=1S/C23H26N6O3S/c1-32-19-11-15(7-8-18(19)23(33(25,30)31)9-4-10-26-13-23)17-12-29(16-5-2-3-6-16)22-20(17)21(24)27-14-28-22/h4,7-12,14,16H,2-3,5-6,13H2,1H3,(H2,24,27,28)(H2,25,30,31). The number of dihydropyridines is 1. The van der Waals surface area contributed by atoms with Crippen LogP contribution < -0.4 is 15.6 Å². The van der Waals surface area contributed by atoms with Crippen LogP contribution in [0.4, 0.5) is 5.82 Å². The minimum absolute atomic E-state index is 0.0141. The van der Waals surface area contributed by atoms with Gasteiger partial charge in [0.25, 0.3) is 0 Å². The van der Waals surface area contributed by atoms with E-state index in [9.17, 15) is 8.42 Å². The summed E-state index contributed by atoms with van der Waals surface area (Å²) < 4.78 is 31.7. The van der Waals surface area contributed by atoms with E-state index in [4.69, 9.17) is 15.6 Å². The van der Waals surface area contributed by atoms with Crippen molar-refractivity contribution in [3.05, 3.63) is 48.4 Å². The minimum Gasteiger partial charge on any atom is -0.496 e. The van der Waals surface area contributed by atoms with Crippen LogP contribution in [0.25, 0.3) is 22.2 Å². The Labute approximate surface area is 192 Å². The van der Waals surface area contributed by atoms with Crippen LogP contribution in [0.2, 0.25) is 0 Å². The van der Waals surface area contributed by atoms with Crippen LogP contribution in [0.1, 0.15) is 37.3 Å². The molecule has 1 unspecified atom stereocenters. The van der Waals surface area contributed by atoms with Gasteiger partial charge < -0.3 is 15.0 Å². The minimum atomic E-state index is -4.02. The maximum atomic E-state index is 12.7. The summed E-state index contributed by atoms with van der Waals surface area (Å²) in [7, 11) is -2.52. The molecule has 0 spiro atoms. The number of hydrogen-bond acceptors (Lipinski definition) is 7. The first-order chi connectivity index (χ1) is 15.9. The van der Waals surface area contributed by atoms with Gasteiger partial charge in [0.2, 0.25) is 10.0 Å². The number of fused-ring (bicyclic) bond motifs is 1. The van der Waals surface area contributed by atoms with Crippen LogP contribution in [0.15, 0.2) is 47.9 Å². The molecule has 33 heavy (non-hydrogen) atoms. The maximum absolute atomic E-state index is 12.7. The smallest absolute Gasteiger partial charge is 0.224 e. The topological polar surface area (TPSA) is 138 Å². The molecule has 9 nitrogen and oxygen atoms in total. The first-order valence-electron chi connectivity index (χ1n) is 10.9. The summed E-state index contributed by atoms with van der Waals surface area (Å²) in [6.07, 6.45) is 12.8. The summed E-state index contributed by atoms with van der Waals surface area (Å²) >= 11 is 0. The second-order valence-corrected chi connectivity index (χ2v) is 10.4. The number of nitrogen functional groups attached to an aromatic ring is 1. The summed E-state index contributed by atoms with van der Waals surface area (Å²) in [5.41, 5.74) is 9.23. The van der Waals surface area contributed by atoms with E-state index >= 15 is 0 Å². The summed E-state index contributed by atoms with van der Waals surface area (Å²) in [6, 6.07) is 5.78. The van der Waals surface area contributed by atoms with Crippen LogP contribution in [-0.2, 0) is 14.8 Å². The number of benzene rings is 1. The molecule has 2 aromatic heterocycles. The summed E-state index contributed by atoms with van der Waals surface area (Å²) in [5.74, 6) is 0.806. The Hall–Kier alpha value is -3.24. The molecule has 1 aromatic carbocycles. The van der Waals surface area contributed by atoms with Crippen molar-refractivity contribution < 1.29 is 13.2 Å². The monoisotopic (exact) mass is 466 g/mol. The summed E-state index contributed by atoms with van der Waals surface area (Å²) in [5, 5.41) is 6.45. The highest BCUT2D eigenvalue weighted by Crippen LogP contribution is 2.43. The zero-order chi connectivity index (χ0) is 23.2. The number of nitrogens with two attached hydrogens (primary N) is 2. The van der Waals surface area contributed by atoms with Crippen molar-refractivity contribution >= 4 is 33.1 Å². The molecule has 1 atom stereocenters. The quantitative estimate of drug-likeness (QED) is 0.593. The fraction of sp³-hybridized carbons (Fsp3) is 0.348. The van der Waals surface area contributed by atoms with Gasteiger partial charge in [0, 0.05) is 29.6 Å². The lowest BCUT2D eigenvalue weighted by Crippen LogP contribution is -2.43. The van der Waals surface area contributed by atoms with Crippen molar-refractivity contribution in [3.8, 4) is 16.9 Å². The zero-order valence-electron chi connectivity index (χ0n) is 18.3. The van der Waals surface area contributed by atoms with E-state index in [2.05, 4.69) is 25.7 Å². The number of aromatic nitrogens is 3. The SMILES string of the molecule is COc1cc(-c2cn(C3CCCC3)c3ncnc(N)c23)ccc1C1(S(N)(=O)=O)C=CC=NC1. The molecule has 0 radical (unpaired) electrons. The zero-order valence-corrected chi connectivity index (χ0v) is 19.1. The molecule has 0 saturated heterocycles. The van der Waals surface area contributed by atoms with E-state index in [0.717, 1.165) is 35.0 Å². The van der Waals surface area contributed by atoms with E-state index in [1.807, 2.05) is 12.1 Å². The van der Waals surface area contributed by atoms with Gasteiger partial charge >= 0.3 is 0 Å². The molecule has 5 rings (SSSR count). The lowest BCUT2D eigenvalue weighted by molar-refractivity contribution is 0.405. The molecular formula is C23H26N6O3S. The van der Waals surface area contributed by atoms with Gasteiger partial charge in [-0.05, 0) is 30.5 Å². The van der Waals surface area contributed by atoms with Gasteiger partial charge in [-0.3, -0.25) is 4.99 Å². The predicted molar refractivity (Wildman–Crippen MR) is 129 cm³/mol. The predicted octanol–water partition coefficient (Wildman–Crippen LogP) is 2.93. The number of methoxy groups -OCH3 is 1. The second kappa shape index (κ2) is 7.96. The van der Waals surface area contributed by atoms with Crippen molar-refractivity contribution in [2.24, 2.45) is 10.1 Å². The van der Waals surface area contributed by atoms with Crippen molar-refractivity contribution in [3.63, 3.8) is 0 Å². The average molecular weight is 467 g/mol. The molecule has 3 heterocycles. The van der Waals surface area contributed by atoms with Crippen LogP contribution in [-0.4, -0.2) is 42.8 Å². The Morgan fingerprint density at radius 1 is 1.21 bits per heavy atom. The number of primary sulfonamides is 1. The van der Waals surface area contributed by atoms with Crippen LogP contribution in [0.5, 0.6) is 5.75 Å². The molecule has 0 bridgehead atoms. The number of anilines is 1. The second-order valence-electron chi connectivity index (χ2n) is 8.54. The number of hydrogen-bond donors (Lipinski definition) is 2. The van der Waals surface area contributed by atoms with E-state index < -0.39 is 14.8 Å². The normalized spacial score (nSPS) is 21.2. The first-order valence-corrected chi connectivity index (χ1v) is 12.4. The van der Waals surface area contributed by atoms with Gasteiger partial charge in [-0.1, -0.05) is 31.1 Å². The van der Waals surface area contributed by atoms with Gasteiger partial charge in [-0.2, -0.15) is 0 Å². The lowest BCUT2D eigenvalue weighted by Gasteiger charge is -2.30. The largest absolute Gasteiger partial charge is 0.496 e. The van der Waals surface area contributed by atoms with E-state index in [1.165, 1.54) is 26.3 Å². The first kappa shape index (κ1) is 21.6. The van der Waals surface area contributed by atoms with Gasteiger partial charge in [-0.15, -0.1) is 0 Å². The lowest BCUT2D eigenvalue weighted by atomic mass is 9.93. The van der Waals surface area contributed by atoms with Crippen molar-refractivity contribution in [2.45, 2.75) is 36.5 Å². The fourth-order valence-corrected chi connectivity index (χ4v) is 6.01. The van der Waals surface area contributed by atoms with Crippen molar-refractivity contribution in [1.82, 2.24) is 14.5 Å². The van der Waals surface area contributed by atoms with Gasteiger partial charge in [0.1, 0.15) is 23.5 Å². The van der Waals surface area contributed by atoms with Crippen molar-refractivity contribution in [1.29, 1.82) is 0 Å². The third-order valence-corrected chi connectivity index (χ3v) is 8.22. The van der Waals surface area contributed by atoms with Gasteiger partial charge in [0.05, 0.1) is 19.0 Å². The molecular weight excluding hydrogens is 440 g/mol. The summed E-state index contributed by atoms with van der Waals surface area (Å²) in [4.78, 5) is 12.9. The number of allylic oxidation sites excluding steroid dienone is 1. The van der Waals surface area contributed by atoms with Crippen LogP contribution in [0, 0.1) is 0 Å². The van der Waals surface area contributed by atoms with Crippen LogP contribution >= 0.6 is 0 Å². The van der Waals surface area contributed by atoms with Crippen LogP contribution in [0.3, 0.4) is 0 Å².